The zero-order chi connectivity index (χ0) is 37.8. The van der Waals surface area contributed by atoms with Crippen LogP contribution in [0.5, 0.6) is 5.75 Å². The third-order valence-corrected chi connectivity index (χ3v) is 9.73. The van der Waals surface area contributed by atoms with E-state index >= 15 is 4.39 Å². The Morgan fingerprint density at radius 3 is 2.29 bits per heavy atom. The molecule has 0 saturated carbocycles. The molecule has 0 N–H and O–H groups in total. The van der Waals surface area contributed by atoms with Crippen molar-refractivity contribution < 1.29 is 36.6 Å². The second-order valence-corrected chi connectivity index (χ2v) is 14.4. The van der Waals surface area contributed by atoms with Gasteiger partial charge in [-0.15, -0.1) is 0 Å². The number of halogens is 4. The number of benzene rings is 2. The van der Waals surface area contributed by atoms with Crippen LogP contribution in [-0.4, -0.2) is 54.6 Å². The molecule has 3 aromatic rings. The molecule has 278 valence electrons. The zero-order valence-corrected chi connectivity index (χ0v) is 30.9. The Hall–Kier alpha value is -3.99. The van der Waals surface area contributed by atoms with Crippen LogP contribution in [-0.2, 0) is 26.9 Å². The minimum atomic E-state index is -4.75. The lowest BCUT2D eigenvalue weighted by Gasteiger charge is -2.37. The quantitative estimate of drug-likeness (QED) is 0.116. The predicted octanol–water partition coefficient (Wildman–Crippen LogP) is 8.38. The number of pyridine rings is 1. The van der Waals surface area contributed by atoms with E-state index < -0.39 is 46.8 Å². The molecule has 0 spiro atoms. The fraction of sp³-hybridized carbons (Fsp3) is 0.525. The topological polar surface area (TPSA) is 77.8 Å². The summed E-state index contributed by atoms with van der Waals surface area (Å²) in [5.74, 6) is -1.67. The molecule has 2 atom stereocenters. The minimum Gasteiger partial charge on any atom is -0.496 e. The van der Waals surface area contributed by atoms with E-state index in [-0.39, 0.29) is 49.3 Å². The number of esters is 1. The van der Waals surface area contributed by atoms with Crippen LogP contribution in [0.3, 0.4) is 0 Å². The van der Waals surface area contributed by atoms with Crippen molar-refractivity contribution in [2.75, 3.05) is 33.4 Å². The van der Waals surface area contributed by atoms with Crippen LogP contribution in [0, 0.1) is 38.4 Å². The largest absolute Gasteiger partial charge is 0.496 e. The molecule has 1 aromatic heterocycles. The standard InChI is InChI=1S/C40H50F4N2O5/c1-9-51-37(49)18-29(31-16-30(15-26(6)39(31)41)38-25(5)10-11-35(50-8)27(38)7)17-34(47)33(14-23(2)3)46-22-28(12-13-45-20-24(4)21-45)32(19-36(46)48)40(42,43)44/h10-11,15-16,19,22-24,29,33H,9,12-14,17-18,20-21H2,1-8H3/t29-,33?/m0/s1. The number of rotatable bonds is 15. The van der Waals surface area contributed by atoms with Crippen LogP contribution >= 0.6 is 0 Å². The maximum atomic E-state index is 16.1. The summed E-state index contributed by atoms with van der Waals surface area (Å²) in [6.45, 7) is 14.9. The molecule has 51 heavy (non-hydrogen) atoms. The van der Waals surface area contributed by atoms with Crippen LogP contribution in [0.2, 0.25) is 0 Å². The van der Waals surface area contributed by atoms with E-state index in [2.05, 4.69) is 11.8 Å². The lowest BCUT2D eigenvalue weighted by molar-refractivity contribution is -0.143. The summed E-state index contributed by atoms with van der Waals surface area (Å²) < 4.78 is 70.5. The Labute approximate surface area is 297 Å². The zero-order valence-electron chi connectivity index (χ0n) is 30.9. The Morgan fingerprint density at radius 1 is 1.02 bits per heavy atom. The van der Waals surface area contributed by atoms with Gasteiger partial charge in [-0.2, -0.15) is 13.2 Å². The molecular weight excluding hydrogens is 664 g/mol. The summed E-state index contributed by atoms with van der Waals surface area (Å²) >= 11 is 0. The number of hydrogen-bond acceptors (Lipinski definition) is 6. The van der Waals surface area contributed by atoms with Gasteiger partial charge in [-0.3, -0.25) is 14.4 Å². The molecule has 0 aliphatic carbocycles. The molecule has 7 nitrogen and oxygen atoms in total. The molecule has 0 radical (unpaired) electrons. The first-order valence-electron chi connectivity index (χ1n) is 17.6. The Morgan fingerprint density at radius 2 is 1.71 bits per heavy atom. The monoisotopic (exact) mass is 714 g/mol. The van der Waals surface area contributed by atoms with E-state index in [1.54, 1.807) is 33.1 Å². The van der Waals surface area contributed by atoms with E-state index in [9.17, 15) is 27.6 Å². The number of aromatic nitrogens is 1. The van der Waals surface area contributed by atoms with Crippen molar-refractivity contribution in [2.24, 2.45) is 11.8 Å². The number of Topliss-reactive ketones (excluding diaryl/α,β-unsaturated/α-hetero) is 1. The number of ether oxygens (including phenoxy) is 2. The van der Waals surface area contributed by atoms with Crippen molar-refractivity contribution in [2.45, 2.75) is 92.3 Å². The second-order valence-electron chi connectivity index (χ2n) is 14.4. The van der Waals surface area contributed by atoms with E-state index in [4.69, 9.17) is 9.47 Å². The SMILES string of the molecule is CCOC(=O)C[C@H](CC(=O)C(CC(C)C)n1cc(CCN2CC(C)C2)c(C(F)(F)F)cc1=O)c1cc(-c2c(C)ccc(OC)c2C)cc(C)c1F. The normalized spacial score (nSPS) is 15.1. The highest BCUT2D eigenvalue weighted by atomic mass is 19.4. The molecule has 1 unspecified atom stereocenters. The van der Waals surface area contributed by atoms with Gasteiger partial charge < -0.3 is 18.9 Å². The summed E-state index contributed by atoms with van der Waals surface area (Å²) in [7, 11) is 1.56. The van der Waals surface area contributed by atoms with Crippen LogP contribution in [0.15, 0.2) is 41.3 Å². The number of aryl methyl sites for hydroxylation is 2. The molecule has 1 aliphatic heterocycles. The van der Waals surface area contributed by atoms with Crippen LogP contribution in [0.25, 0.3) is 11.1 Å². The predicted molar refractivity (Wildman–Crippen MR) is 190 cm³/mol. The molecule has 2 aromatic carbocycles. The smallest absolute Gasteiger partial charge is 0.416 e. The second kappa shape index (κ2) is 16.6. The van der Waals surface area contributed by atoms with Gasteiger partial charge in [0.15, 0.2) is 5.78 Å². The van der Waals surface area contributed by atoms with Crippen molar-refractivity contribution >= 4 is 11.8 Å². The van der Waals surface area contributed by atoms with Gasteiger partial charge in [0.05, 0.1) is 31.7 Å². The third-order valence-electron chi connectivity index (χ3n) is 9.73. The molecule has 11 heteroatoms. The number of carbonyl (C=O) groups excluding carboxylic acids is 2. The summed E-state index contributed by atoms with van der Waals surface area (Å²) in [5.41, 5.74) is 1.69. The van der Waals surface area contributed by atoms with Gasteiger partial charge in [-0.1, -0.05) is 26.8 Å². The Bertz CT molecular complexity index is 1790. The molecule has 2 heterocycles. The maximum absolute atomic E-state index is 16.1. The highest BCUT2D eigenvalue weighted by molar-refractivity contribution is 5.85. The van der Waals surface area contributed by atoms with Crippen molar-refractivity contribution in [3.63, 3.8) is 0 Å². The minimum absolute atomic E-state index is 0.0519. The molecule has 4 rings (SSSR count). The number of carbonyl (C=O) groups is 2. The number of likely N-dealkylation sites (tertiary alicyclic amines) is 1. The van der Waals surface area contributed by atoms with E-state index in [1.165, 1.54) is 6.20 Å². The molecule has 0 amide bonds. The number of nitrogens with zero attached hydrogens (tertiary/aromatic N) is 2. The average Bonchev–Trinajstić information content (AvgIpc) is 3.02. The molecular formula is C40H50F4N2O5. The van der Waals surface area contributed by atoms with Crippen molar-refractivity contribution in [1.29, 1.82) is 0 Å². The average molecular weight is 715 g/mol. The highest BCUT2D eigenvalue weighted by Gasteiger charge is 2.36. The summed E-state index contributed by atoms with van der Waals surface area (Å²) in [6.07, 6.45) is -4.03. The van der Waals surface area contributed by atoms with Crippen molar-refractivity contribution in [3.8, 4) is 16.9 Å². The lowest BCUT2D eigenvalue weighted by Crippen LogP contribution is -2.46. The molecule has 1 aliphatic rings. The fourth-order valence-corrected chi connectivity index (χ4v) is 7.26. The van der Waals surface area contributed by atoms with E-state index in [0.29, 0.717) is 35.4 Å². The maximum Gasteiger partial charge on any atom is 0.416 e. The fourth-order valence-electron chi connectivity index (χ4n) is 7.26. The number of ketones is 1. The van der Waals surface area contributed by atoms with Gasteiger partial charge >= 0.3 is 12.1 Å². The van der Waals surface area contributed by atoms with Crippen LogP contribution < -0.4 is 10.3 Å². The summed E-state index contributed by atoms with van der Waals surface area (Å²) in [5, 5.41) is 0. The first kappa shape index (κ1) is 39.8. The van der Waals surface area contributed by atoms with Gasteiger partial charge in [0.25, 0.3) is 5.56 Å². The lowest BCUT2D eigenvalue weighted by atomic mass is 9.83. The van der Waals surface area contributed by atoms with Gasteiger partial charge in [0.1, 0.15) is 11.6 Å². The van der Waals surface area contributed by atoms with E-state index in [0.717, 1.165) is 34.3 Å². The third kappa shape index (κ3) is 9.47. The van der Waals surface area contributed by atoms with Crippen molar-refractivity contribution in [1.82, 2.24) is 9.47 Å². The summed E-state index contributed by atoms with van der Waals surface area (Å²) in [6, 6.07) is 6.55. The first-order valence-corrected chi connectivity index (χ1v) is 17.6. The molecule has 0 bridgehead atoms. The molecule has 1 saturated heterocycles. The number of methoxy groups -OCH3 is 1. The van der Waals surface area contributed by atoms with Crippen molar-refractivity contribution in [3.05, 3.63) is 86.1 Å². The van der Waals surface area contributed by atoms with Gasteiger partial charge in [-0.05, 0) is 110 Å². The van der Waals surface area contributed by atoms with Gasteiger partial charge in [-0.25, -0.2) is 4.39 Å². The molecule has 1 fully saturated rings. The summed E-state index contributed by atoms with van der Waals surface area (Å²) in [4.78, 5) is 42.8. The first-order chi connectivity index (χ1) is 23.9. The van der Waals surface area contributed by atoms with E-state index in [1.807, 2.05) is 39.8 Å². The van der Waals surface area contributed by atoms with Gasteiger partial charge in [0.2, 0.25) is 0 Å². The highest BCUT2D eigenvalue weighted by Crippen LogP contribution is 2.39. The number of hydrogen-bond donors (Lipinski definition) is 0. The Balaban J connectivity index is 1.80. The Kier molecular flexibility index (Phi) is 12.9. The van der Waals surface area contributed by atoms with Gasteiger partial charge in [0, 0.05) is 44.2 Å². The van der Waals surface area contributed by atoms with Crippen LogP contribution in [0.1, 0.15) is 92.3 Å². The van der Waals surface area contributed by atoms with Crippen LogP contribution in [0.4, 0.5) is 17.6 Å². The number of alkyl halides is 3.